The number of nitrogens with one attached hydrogen (secondary N) is 1. The topological polar surface area (TPSA) is 50.9 Å². The van der Waals surface area contributed by atoms with Crippen molar-refractivity contribution < 1.29 is 0 Å². The van der Waals surface area contributed by atoms with Gasteiger partial charge < -0.3 is 11.1 Å². The lowest BCUT2D eigenvalue weighted by Gasteiger charge is -2.51. The molecule has 0 spiro atoms. The summed E-state index contributed by atoms with van der Waals surface area (Å²) in [5.41, 5.74) is 8.54. The predicted octanol–water partition coefficient (Wildman–Crippen LogP) is 1.93. The third-order valence-corrected chi connectivity index (χ3v) is 3.69. The number of rotatable bonds is 2. The molecule has 2 rings (SSSR count). The lowest BCUT2D eigenvalue weighted by molar-refractivity contribution is 0.117. The van der Waals surface area contributed by atoms with Crippen LogP contribution in [-0.2, 0) is 0 Å². The first-order valence-corrected chi connectivity index (χ1v) is 5.44. The fourth-order valence-corrected chi connectivity index (χ4v) is 2.03. The summed E-state index contributed by atoms with van der Waals surface area (Å²) in [5, 5.41) is 3.55. The maximum absolute atomic E-state index is 5.99. The molecule has 1 aliphatic rings. The molecule has 0 radical (unpaired) electrons. The Balaban J connectivity index is 2.08. The van der Waals surface area contributed by atoms with Crippen LogP contribution in [0.25, 0.3) is 0 Å². The van der Waals surface area contributed by atoms with Gasteiger partial charge in [-0.15, -0.1) is 0 Å². The zero-order chi connectivity index (χ0) is 11.1. The minimum Gasteiger partial charge on any atom is -0.381 e. The van der Waals surface area contributed by atoms with Crippen LogP contribution in [0.5, 0.6) is 0 Å². The summed E-state index contributed by atoms with van der Waals surface area (Å²) in [6.07, 6.45) is 4.75. The van der Waals surface area contributed by atoms with Crippen LogP contribution in [0.15, 0.2) is 18.5 Å². The molecule has 0 amide bonds. The van der Waals surface area contributed by atoms with Crippen molar-refractivity contribution in [3.8, 4) is 0 Å². The van der Waals surface area contributed by atoms with Crippen molar-refractivity contribution in [1.82, 2.24) is 4.98 Å². The van der Waals surface area contributed by atoms with Gasteiger partial charge in [0.05, 0.1) is 0 Å². The van der Waals surface area contributed by atoms with E-state index in [1.165, 1.54) is 11.3 Å². The monoisotopic (exact) mass is 205 g/mol. The zero-order valence-electron chi connectivity index (χ0n) is 9.62. The van der Waals surface area contributed by atoms with Crippen molar-refractivity contribution in [2.75, 3.05) is 5.32 Å². The van der Waals surface area contributed by atoms with Gasteiger partial charge in [-0.05, 0) is 25.0 Å². The first kappa shape index (κ1) is 10.4. The summed E-state index contributed by atoms with van der Waals surface area (Å²) in [5.74, 6) is 0. The van der Waals surface area contributed by atoms with Crippen LogP contribution in [0.1, 0.15) is 25.8 Å². The van der Waals surface area contributed by atoms with Crippen LogP contribution < -0.4 is 11.1 Å². The highest BCUT2D eigenvalue weighted by atomic mass is 15.0. The van der Waals surface area contributed by atoms with Gasteiger partial charge in [-0.1, -0.05) is 13.8 Å². The Bertz CT molecular complexity index is 360. The summed E-state index contributed by atoms with van der Waals surface area (Å²) in [7, 11) is 0. The van der Waals surface area contributed by atoms with E-state index in [1.807, 2.05) is 18.5 Å². The maximum atomic E-state index is 5.99. The predicted molar refractivity (Wildman–Crippen MR) is 62.8 cm³/mol. The number of anilines is 1. The van der Waals surface area contributed by atoms with E-state index in [9.17, 15) is 0 Å². The smallest absolute Gasteiger partial charge is 0.0403 e. The second kappa shape index (κ2) is 3.49. The molecule has 0 bridgehead atoms. The quantitative estimate of drug-likeness (QED) is 0.775. The third kappa shape index (κ3) is 1.72. The highest BCUT2D eigenvalue weighted by Gasteiger charge is 2.45. The summed E-state index contributed by atoms with van der Waals surface area (Å²) in [6, 6.07) is 2.82. The van der Waals surface area contributed by atoms with E-state index in [4.69, 9.17) is 5.73 Å². The fraction of sp³-hybridized carbons (Fsp3) is 0.583. The van der Waals surface area contributed by atoms with Gasteiger partial charge in [-0.2, -0.15) is 0 Å². The summed E-state index contributed by atoms with van der Waals surface area (Å²) in [6.45, 7) is 6.51. The van der Waals surface area contributed by atoms with Crippen LogP contribution in [0, 0.1) is 12.3 Å². The molecule has 2 unspecified atom stereocenters. The maximum Gasteiger partial charge on any atom is 0.0403 e. The van der Waals surface area contributed by atoms with Gasteiger partial charge in [-0.25, -0.2) is 0 Å². The molecule has 3 nitrogen and oxygen atoms in total. The lowest BCUT2D eigenvalue weighted by Crippen LogP contribution is -2.61. The number of aromatic nitrogens is 1. The minimum atomic E-state index is 0.190. The minimum absolute atomic E-state index is 0.190. The number of hydrogen-bond donors (Lipinski definition) is 2. The first-order valence-electron chi connectivity index (χ1n) is 5.44. The van der Waals surface area contributed by atoms with Crippen LogP contribution in [0.4, 0.5) is 5.69 Å². The lowest BCUT2D eigenvalue weighted by atomic mass is 9.63. The van der Waals surface area contributed by atoms with E-state index in [1.54, 1.807) is 0 Å². The Morgan fingerprint density at radius 1 is 1.53 bits per heavy atom. The molecule has 82 valence electrons. The van der Waals surface area contributed by atoms with E-state index >= 15 is 0 Å². The molecule has 1 heterocycles. The van der Waals surface area contributed by atoms with E-state index in [0.29, 0.717) is 12.1 Å². The number of aryl methyl sites for hydroxylation is 1. The molecular weight excluding hydrogens is 186 g/mol. The van der Waals surface area contributed by atoms with Gasteiger partial charge >= 0.3 is 0 Å². The van der Waals surface area contributed by atoms with Gasteiger partial charge in [0.25, 0.3) is 0 Å². The average molecular weight is 205 g/mol. The molecule has 15 heavy (non-hydrogen) atoms. The van der Waals surface area contributed by atoms with Crippen molar-refractivity contribution in [1.29, 1.82) is 0 Å². The van der Waals surface area contributed by atoms with Crippen LogP contribution in [0.3, 0.4) is 0 Å². The summed E-state index contributed by atoms with van der Waals surface area (Å²) < 4.78 is 0. The highest BCUT2D eigenvalue weighted by molar-refractivity contribution is 5.50. The molecule has 1 fully saturated rings. The van der Waals surface area contributed by atoms with Gasteiger partial charge in [0.2, 0.25) is 0 Å². The van der Waals surface area contributed by atoms with Crippen molar-refractivity contribution in [2.24, 2.45) is 11.1 Å². The molecule has 1 aromatic rings. The molecule has 0 aliphatic heterocycles. The SMILES string of the molecule is Cc1cnccc1NC1CC(N)C1(C)C. The van der Waals surface area contributed by atoms with E-state index in [-0.39, 0.29) is 5.41 Å². The highest BCUT2D eigenvalue weighted by Crippen LogP contribution is 2.41. The van der Waals surface area contributed by atoms with E-state index in [2.05, 4.69) is 31.1 Å². The van der Waals surface area contributed by atoms with E-state index in [0.717, 1.165) is 6.42 Å². The summed E-state index contributed by atoms with van der Waals surface area (Å²) in [4.78, 5) is 4.08. The van der Waals surface area contributed by atoms with Crippen molar-refractivity contribution >= 4 is 5.69 Å². The van der Waals surface area contributed by atoms with Crippen molar-refractivity contribution in [3.63, 3.8) is 0 Å². The number of pyridine rings is 1. The third-order valence-electron chi connectivity index (χ3n) is 3.69. The average Bonchev–Trinajstić information content (AvgIpc) is 2.20. The van der Waals surface area contributed by atoms with Gasteiger partial charge in [-0.3, -0.25) is 4.98 Å². The Morgan fingerprint density at radius 3 is 2.80 bits per heavy atom. The van der Waals surface area contributed by atoms with Crippen LogP contribution >= 0.6 is 0 Å². The molecule has 0 aromatic carbocycles. The first-order chi connectivity index (χ1) is 7.01. The Kier molecular flexibility index (Phi) is 2.43. The number of nitrogens with two attached hydrogens (primary N) is 1. The Labute approximate surface area is 91.1 Å². The molecule has 2 atom stereocenters. The Hall–Kier alpha value is -1.09. The van der Waals surface area contributed by atoms with E-state index < -0.39 is 0 Å². The largest absolute Gasteiger partial charge is 0.381 e. The molecule has 1 saturated carbocycles. The zero-order valence-corrected chi connectivity index (χ0v) is 9.62. The van der Waals surface area contributed by atoms with Gasteiger partial charge in [0.15, 0.2) is 0 Å². The Morgan fingerprint density at radius 2 is 2.27 bits per heavy atom. The molecule has 3 N–H and O–H groups in total. The van der Waals surface area contributed by atoms with Crippen LogP contribution in [-0.4, -0.2) is 17.1 Å². The molecule has 3 heteroatoms. The summed E-state index contributed by atoms with van der Waals surface area (Å²) >= 11 is 0. The number of nitrogens with zero attached hydrogens (tertiary/aromatic N) is 1. The molecule has 1 aliphatic carbocycles. The van der Waals surface area contributed by atoms with Crippen molar-refractivity contribution in [2.45, 2.75) is 39.3 Å². The second-order valence-corrected chi connectivity index (χ2v) is 5.05. The van der Waals surface area contributed by atoms with Crippen LogP contribution in [0.2, 0.25) is 0 Å². The van der Waals surface area contributed by atoms with Gasteiger partial charge in [0.1, 0.15) is 0 Å². The normalized spacial score (nSPS) is 28.3. The molecule has 0 saturated heterocycles. The fourth-order valence-electron chi connectivity index (χ4n) is 2.03. The van der Waals surface area contributed by atoms with Crippen molar-refractivity contribution in [3.05, 3.63) is 24.0 Å². The van der Waals surface area contributed by atoms with Gasteiger partial charge in [0, 0.05) is 35.6 Å². The molecular formula is C12H19N3. The second-order valence-electron chi connectivity index (χ2n) is 5.05. The molecule has 1 aromatic heterocycles. The number of hydrogen-bond acceptors (Lipinski definition) is 3. The standard InChI is InChI=1S/C12H19N3/c1-8-7-14-5-4-9(8)15-11-6-10(13)12(11,2)3/h4-5,7,10-11H,6,13H2,1-3H3,(H,14,15).